The van der Waals surface area contributed by atoms with Crippen molar-refractivity contribution in [2.45, 2.75) is 18.6 Å². The second-order valence-corrected chi connectivity index (χ2v) is 8.24. The van der Waals surface area contributed by atoms with Gasteiger partial charge in [0.15, 0.2) is 0 Å². The predicted octanol–water partition coefficient (Wildman–Crippen LogP) is 3.37. The Hall–Kier alpha value is -4.10. The summed E-state index contributed by atoms with van der Waals surface area (Å²) in [6, 6.07) is 25.4. The molecule has 0 spiro atoms. The van der Waals surface area contributed by atoms with Gasteiger partial charge in [0, 0.05) is 6.04 Å². The molecule has 0 amide bonds. The van der Waals surface area contributed by atoms with Gasteiger partial charge in [-0.3, -0.25) is 13.9 Å². The van der Waals surface area contributed by atoms with Gasteiger partial charge in [0.1, 0.15) is 24.0 Å². The van der Waals surface area contributed by atoms with Gasteiger partial charge in [-0.25, -0.2) is 4.79 Å². The highest BCUT2D eigenvalue weighted by Gasteiger charge is 2.33. The molecule has 7 heteroatoms. The largest absolute Gasteiger partial charge is 0.497 e. The van der Waals surface area contributed by atoms with E-state index >= 15 is 0 Å². The van der Waals surface area contributed by atoms with E-state index in [9.17, 15) is 9.59 Å². The van der Waals surface area contributed by atoms with E-state index in [1.165, 1.54) is 4.57 Å². The van der Waals surface area contributed by atoms with E-state index in [4.69, 9.17) is 15.2 Å². The van der Waals surface area contributed by atoms with Gasteiger partial charge < -0.3 is 15.2 Å². The predicted molar refractivity (Wildman–Crippen MR) is 130 cm³/mol. The Morgan fingerprint density at radius 3 is 2.41 bits per heavy atom. The van der Waals surface area contributed by atoms with Crippen LogP contribution in [0.4, 0.5) is 0 Å². The highest BCUT2D eigenvalue weighted by atomic mass is 16.5. The van der Waals surface area contributed by atoms with Crippen LogP contribution in [0, 0.1) is 0 Å². The number of methoxy groups -OCH3 is 1. The second kappa shape index (κ2) is 9.03. The average molecular weight is 456 g/mol. The normalized spacial score (nSPS) is 15.4. The Morgan fingerprint density at radius 2 is 1.71 bits per heavy atom. The first kappa shape index (κ1) is 21.7. The third-order valence-corrected chi connectivity index (χ3v) is 6.17. The van der Waals surface area contributed by atoms with Crippen LogP contribution in [0.5, 0.6) is 11.6 Å². The van der Waals surface area contributed by atoms with E-state index in [-0.39, 0.29) is 25.1 Å². The van der Waals surface area contributed by atoms with Crippen LogP contribution >= 0.6 is 0 Å². The van der Waals surface area contributed by atoms with Crippen molar-refractivity contribution in [2.75, 3.05) is 13.7 Å². The standard InChI is InChI=1S/C27H25N3O4/c1-33-21-14-8-13-20(15-21)24-25(31)29(16-22(28)18-9-4-2-5-10-18)27(32)30-23(17-34-26(24)30)19-11-6-3-7-12-19/h2-15,22-23H,16-17,28H2,1H3. The molecule has 0 fully saturated rings. The van der Waals surface area contributed by atoms with Crippen LogP contribution in [0.25, 0.3) is 11.1 Å². The van der Waals surface area contributed by atoms with Crippen molar-refractivity contribution in [2.24, 2.45) is 5.73 Å². The summed E-state index contributed by atoms with van der Waals surface area (Å²) in [5.74, 6) is 0.869. The van der Waals surface area contributed by atoms with Crippen LogP contribution in [-0.2, 0) is 6.54 Å². The molecule has 5 rings (SSSR count). The summed E-state index contributed by atoms with van der Waals surface area (Å²) in [4.78, 5) is 27.4. The molecule has 0 aliphatic carbocycles. The average Bonchev–Trinajstić information content (AvgIpc) is 3.32. The summed E-state index contributed by atoms with van der Waals surface area (Å²) in [5.41, 5.74) is 8.26. The van der Waals surface area contributed by atoms with Crippen LogP contribution in [-0.4, -0.2) is 22.9 Å². The number of hydrogen-bond acceptors (Lipinski definition) is 5. The van der Waals surface area contributed by atoms with Gasteiger partial charge >= 0.3 is 5.69 Å². The third kappa shape index (κ3) is 3.80. The lowest BCUT2D eigenvalue weighted by atomic mass is 10.1. The molecule has 0 saturated heterocycles. The monoisotopic (exact) mass is 455 g/mol. The molecule has 1 aliphatic heterocycles. The number of ether oxygens (including phenoxy) is 2. The first-order valence-electron chi connectivity index (χ1n) is 11.1. The number of benzene rings is 3. The minimum atomic E-state index is -0.527. The quantitative estimate of drug-likeness (QED) is 0.482. The summed E-state index contributed by atoms with van der Waals surface area (Å²) in [5, 5.41) is 0. The molecule has 0 bridgehead atoms. The molecule has 172 valence electrons. The zero-order valence-electron chi connectivity index (χ0n) is 18.8. The summed E-state index contributed by atoms with van der Waals surface area (Å²) in [6.07, 6.45) is 0. The molecule has 1 aliphatic rings. The zero-order chi connectivity index (χ0) is 23.7. The van der Waals surface area contributed by atoms with Crippen molar-refractivity contribution in [3.63, 3.8) is 0 Å². The molecule has 0 radical (unpaired) electrons. The molecule has 2 N–H and O–H groups in total. The first-order chi connectivity index (χ1) is 16.6. The molecule has 3 aromatic carbocycles. The summed E-state index contributed by atoms with van der Waals surface area (Å²) in [7, 11) is 1.57. The van der Waals surface area contributed by atoms with Crippen molar-refractivity contribution in [1.82, 2.24) is 9.13 Å². The number of fused-ring (bicyclic) bond motifs is 1. The number of nitrogens with zero attached hydrogens (tertiary/aromatic N) is 2. The van der Waals surface area contributed by atoms with E-state index < -0.39 is 17.3 Å². The maximum absolute atomic E-state index is 13.7. The first-order valence-corrected chi connectivity index (χ1v) is 11.1. The van der Waals surface area contributed by atoms with E-state index in [1.54, 1.807) is 29.9 Å². The van der Waals surface area contributed by atoms with Crippen molar-refractivity contribution in [3.05, 3.63) is 117 Å². The molecular formula is C27H25N3O4. The number of rotatable bonds is 6. The molecule has 2 unspecified atom stereocenters. The summed E-state index contributed by atoms with van der Waals surface area (Å²) >= 11 is 0. The maximum atomic E-state index is 13.7. The molecule has 7 nitrogen and oxygen atoms in total. The number of hydrogen-bond donors (Lipinski definition) is 1. The molecule has 2 atom stereocenters. The van der Waals surface area contributed by atoms with Crippen molar-refractivity contribution < 1.29 is 9.47 Å². The molecule has 0 saturated carbocycles. The lowest BCUT2D eigenvalue weighted by Gasteiger charge is -2.19. The third-order valence-electron chi connectivity index (χ3n) is 6.17. The second-order valence-electron chi connectivity index (χ2n) is 8.24. The Labute approximate surface area is 196 Å². The minimum Gasteiger partial charge on any atom is -0.497 e. The molecule has 34 heavy (non-hydrogen) atoms. The maximum Gasteiger partial charge on any atom is 0.334 e. The van der Waals surface area contributed by atoms with Gasteiger partial charge in [-0.15, -0.1) is 0 Å². The van der Waals surface area contributed by atoms with Crippen LogP contribution < -0.4 is 26.5 Å². The topological polar surface area (TPSA) is 88.5 Å². The molecule has 4 aromatic rings. The fourth-order valence-corrected chi connectivity index (χ4v) is 4.41. The van der Waals surface area contributed by atoms with Crippen molar-refractivity contribution in [1.29, 1.82) is 0 Å². The van der Waals surface area contributed by atoms with Crippen LogP contribution in [0.2, 0.25) is 0 Å². The number of aromatic nitrogens is 2. The van der Waals surface area contributed by atoms with E-state index in [0.29, 0.717) is 16.9 Å². The molecule has 2 heterocycles. The van der Waals surface area contributed by atoms with Crippen LogP contribution in [0.1, 0.15) is 23.2 Å². The lowest BCUT2D eigenvalue weighted by molar-refractivity contribution is 0.343. The van der Waals surface area contributed by atoms with Gasteiger partial charge in [0.05, 0.1) is 13.7 Å². The van der Waals surface area contributed by atoms with Crippen molar-refractivity contribution in [3.8, 4) is 22.8 Å². The SMILES string of the molecule is COc1cccc(-c2c3n(c(=O)n(CC(N)c4ccccc4)c2=O)C(c2ccccc2)CO3)c1. The number of nitrogens with two attached hydrogens (primary N) is 1. The van der Waals surface area contributed by atoms with E-state index in [1.807, 2.05) is 66.7 Å². The van der Waals surface area contributed by atoms with Gasteiger partial charge in [0.25, 0.3) is 5.56 Å². The van der Waals surface area contributed by atoms with Crippen molar-refractivity contribution >= 4 is 0 Å². The molecule has 1 aromatic heterocycles. The Bertz CT molecular complexity index is 1430. The van der Waals surface area contributed by atoms with Crippen LogP contribution in [0.15, 0.2) is 94.5 Å². The van der Waals surface area contributed by atoms with E-state index in [2.05, 4.69) is 0 Å². The minimum absolute atomic E-state index is 0.0421. The smallest absolute Gasteiger partial charge is 0.334 e. The summed E-state index contributed by atoms with van der Waals surface area (Å²) in [6.45, 7) is 0.296. The van der Waals surface area contributed by atoms with Crippen LogP contribution in [0.3, 0.4) is 0 Å². The van der Waals surface area contributed by atoms with Gasteiger partial charge in [0.2, 0.25) is 5.88 Å². The fourth-order valence-electron chi connectivity index (χ4n) is 4.41. The molecular weight excluding hydrogens is 430 g/mol. The Kier molecular flexibility index (Phi) is 5.77. The van der Waals surface area contributed by atoms with Gasteiger partial charge in [-0.05, 0) is 28.8 Å². The summed E-state index contributed by atoms with van der Waals surface area (Å²) < 4.78 is 14.2. The Balaban J connectivity index is 1.72. The highest BCUT2D eigenvalue weighted by molar-refractivity contribution is 5.69. The van der Waals surface area contributed by atoms with Gasteiger partial charge in [-0.1, -0.05) is 72.8 Å². The Morgan fingerprint density at radius 1 is 1.00 bits per heavy atom. The zero-order valence-corrected chi connectivity index (χ0v) is 18.8. The fraction of sp³-hybridized carbons (Fsp3) is 0.185. The highest BCUT2D eigenvalue weighted by Crippen LogP contribution is 2.36. The van der Waals surface area contributed by atoms with E-state index in [0.717, 1.165) is 11.1 Å². The van der Waals surface area contributed by atoms with Gasteiger partial charge in [-0.2, -0.15) is 0 Å². The lowest BCUT2D eigenvalue weighted by Crippen LogP contribution is -2.43.